The first kappa shape index (κ1) is 10.7. The summed E-state index contributed by atoms with van der Waals surface area (Å²) in [5.74, 6) is -0.100. The number of hydrazone groups is 1. The molecule has 8 nitrogen and oxygen atoms in total. The van der Waals surface area contributed by atoms with E-state index in [-0.39, 0.29) is 5.82 Å². The lowest BCUT2D eigenvalue weighted by Gasteiger charge is -1.95. The smallest absolute Gasteiger partial charge is 0.270 e. The molecule has 0 aliphatic carbocycles. The molecular formula is C9H8N6O2. The lowest BCUT2D eigenvalue weighted by atomic mass is 10.4. The first-order valence-electron chi connectivity index (χ1n) is 4.65. The second kappa shape index (κ2) is 4.84. The van der Waals surface area contributed by atoms with E-state index in [1.165, 1.54) is 6.21 Å². The molecule has 17 heavy (non-hydrogen) atoms. The SMILES string of the molecule is O=c1[nH]nc(N/N=C\c2ccccn2)c(=O)[nH]1. The molecule has 0 aliphatic heterocycles. The number of rotatable bonds is 3. The van der Waals surface area contributed by atoms with Gasteiger partial charge in [0.15, 0.2) is 0 Å². The number of hydrogen-bond donors (Lipinski definition) is 3. The third-order valence-corrected chi connectivity index (χ3v) is 1.77. The highest BCUT2D eigenvalue weighted by Gasteiger charge is 1.98. The summed E-state index contributed by atoms with van der Waals surface area (Å²) in [4.78, 5) is 27.9. The minimum absolute atomic E-state index is 0.100. The summed E-state index contributed by atoms with van der Waals surface area (Å²) in [6.07, 6.45) is 3.04. The van der Waals surface area contributed by atoms with E-state index in [1.807, 2.05) is 4.98 Å². The average molecular weight is 232 g/mol. The summed E-state index contributed by atoms with van der Waals surface area (Å²) in [5.41, 5.74) is 1.70. The lowest BCUT2D eigenvalue weighted by molar-refractivity contribution is 0.890. The zero-order valence-electron chi connectivity index (χ0n) is 8.54. The summed E-state index contributed by atoms with van der Waals surface area (Å²) < 4.78 is 0. The number of nitrogens with one attached hydrogen (secondary N) is 3. The van der Waals surface area contributed by atoms with Crippen LogP contribution in [0.3, 0.4) is 0 Å². The van der Waals surface area contributed by atoms with Crippen LogP contribution >= 0.6 is 0 Å². The van der Waals surface area contributed by atoms with Gasteiger partial charge in [0, 0.05) is 6.20 Å². The topological polar surface area (TPSA) is 116 Å². The van der Waals surface area contributed by atoms with E-state index >= 15 is 0 Å². The summed E-state index contributed by atoms with van der Waals surface area (Å²) >= 11 is 0. The molecule has 3 N–H and O–H groups in total. The Morgan fingerprint density at radius 2 is 2.24 bits per heavy atom. The fourth-order valence-corrected chi connectivity index (χ4v) is 1.04. The van der Waals surface area contributed by atoms with Crippen LogP contribution in [0.5, 0.6) is 0 Å². The van der Waals surface area contributed by atoms with Gasteiger partial charge in [0.05, 0.1) is 11.9 Å². The molecule has 2 heterocycles. The molecular weight excluding hydrogens is 224 g/mol. The van der Waals surface area contributed by atoms with Crippen LogP contribution in [0.4, 0.5) is 5.82 Å². The summed E-state index contributed by atoms with van der Waals surface area (Å²) in [6, 6.07) is 5.33. The Hall–Kier alpha value is -2.77. The molecule has 0 aromatic carbocycles. The van der Waals surface area contributed by atoms with Gasteiger partial charge in [-0.25, -0.2) is 9.89 Å². The van der Waals surface area contributed by atoms with Crippen LogP contribution in [-0.4, -0.2) is 26.4 Å². The van der Waals surface area contributed by atoms with Gasteiger partial charge in [-0.3, -0.25) is 20.2 Å². The molecule has 0 unspecified atom stereocenters. The first-order valence-corrected chi connectivity index (χ1v) is 4.65. The van der Waals surface area contributed by atoms with E-state index in [0.717, 1.165) is 0 Å². The van der Waals surface area contributed by atoms with Crippen molar-refractivity contribution < 1.29 is 0 Å². The van der Waals surface area contributed by atoms with Crippen LogP contribution in [-0.2, 0) is 0 Å². The second-order valence-corrected chi connectivity index (χ2v) is 2.98. The quantitative estimate of drug-likeness (QED) is 0.478. The van der Waals surface area contributed by atoms with E-state index in [4.69, 9.17) is 0 Å². The lowest BCUT2D eigenvalue weighted by Crippen LogP contribution is -2.25. The number of aromatic nitrogens is 4. The first-order chi connectivity index (χ1) is 8.25. The maximum absolute atomic E-state index is 11.2. The Bertz CT molecular complexity index is 630. The van der Waals surface area contributed by atoms with Gasteiger partial charge < -0.3 is 0 Å². The maximum atomic E-state index is 11.2. The van der Waals surface area contributed by atoms with Crippen molar-refractivity contribution in [3.05, 3.63) is 50.9 Å². The highest BCUT2D eigenvalue weighted by molar-refractivity contribution is 5.77. The standard InChI is InChI=1S/C9H8N6O2/c16-8-7(14-15-9(17)12-8)13-11-5-6-3-1-2-4-10-6/h1-5H,(H,13,14)(H2,12,15,16,17)/b11-5-. The second-order valence-electron chi connectivity index (χ2n) is 2.98. The van der Waals surface area contributed by atoms with Crippen molar-refractivity contribution in [2.24, 2.45) is 5.10 Å². The van der Waals surface area contributed by atoms with Crippen molar-refractivity contribution in [1.29, 1.82) is 0 Å². The summed E-state index contributed by atoms with van der Waals surface area (Å²) in [6.45, 7) is 0. The minimum Gasteiger partial charge on any atom is -0.270 e. The Kier molecular flexibility index (Phi) is 3.05. The molecule has 0 spiro atoms. The largest absolute Gasteiger partial charge is 0.342 e. The zero-order valence-corrected chi connectivity index (χ0v) is 8.54. The molecule has 0 aliphatic rings. The monoisotopic (exact) mass is 232 g/mol. The third kappa shape index (κ3) is 2.84. The molecule has 2 aromatic heterocycles. The van der Waals surface area contributed by atoms with Gasteiger partial charge in [-0.1, -0.05) is 6.07 Å². The number of hydrogen-bond acceptors (Lipinski definition) is 6. The van der Waals surface area contributed by atoms with Crippen LogP contribution in [0.2, 0.25) is 0 Å². The van der Waals surface area contributed by atoms with Gasteiger partial charge in [-0.05, 0) is 12.1 Å². The van der Waals surface area contributed by atoms with Gasteiger partial charge in [0.25, 0.3) is 5.56 Å². The van der Waals surface area contributed by atoms with Gasteiger partial charge in [-0.15, -0.1) is 5.10 Å². The van der Waals surface area contributed by atoms with Crippen molar-refractivity contribution in [3.8, 4) is 0 Å². The van der Waals surface area contributed by atoms with E-state index in [2.05, 4.69) is 25.7 Å². The Morgan fingerprint density at radius 1 is 1.35 bits per heavy atom. The number of H-pyrrole nitrogens is 2. The van der Waals surface area contributed by atoms with Crippen LogP contribution in [0, 0.1) is 0 Å². The molecule has 0 atom stereocenters. The van der Waals surface area contributed by atoms with Crippen molar-refractivity contribution in [2.75, 3.05) is 5.43 Å². The normalized spacial score (nSPS) is 10.6. The number of nitrogens with zero attached hydrogens (tertiary/aromatic N) is 3. The van der Waals surface area contributed by atoms with Gasteiger partial charge in [-0.2, -0.15) is 5.10 Å². The van der Waals surface area contributed by atoms with Gasteiger partial charge in [0.1, 0.15) is 0 Å². The van der Waals surface area contributed by atoms with Crippen molar-refractivity contribution in [2.45, 2.75) is 0 Å². The Balaban J connectivity index is 2.10. The number of aromatic amines is 2. The van der Waals surface area contributed by atoms with E-state index in [1.54, 1.807) is 24.4 Å². The number of pyridine rings is 1. The van der Waals surface area contributed by atoms with E-state index < -0.39 is 11.2 Å². The molecule has 0 saturated heterocycles. The molecule has 2 rings (SSSR count). The van der Waals surface area contributed by atoms with Crippen LogP contribution in [0.1, 0.15) is 5.69 Å². The molecule has 0 saturated carbocycles. The van der Waals surface area contributed by atoms with Crippen LogP contribution < -0.4 is 16.7 Å². The molecule has 2 aromatic rings. The summed E-state index contributed by atoms with van der Waals surface area (Å²) in [5, 5.41) is 9.32. The highest BCUT2D eigenvalue weighted by atomic mass is 16.2. The Labute approximate surface area is 94.4 Å². The molecule has 86 valence electrons. The average Bonchev–Trinajstić information content (AvgIpc) is 2.33. The van der Waals surface area contributed by atoms with E-state index in [0.29, 0.717) is 5.69 Å². The molecule has 8 heteroatoms. The Morgan fingerprint density at radius 3 is 2.94 bits per heavy atom. The molecule has 0 fully saturated rings. The molecule has 0 radical (unpaired) electrons. The summed E-state index contributed by atoms with van der Waals surface area (Å²) in [7, 11) is 0. The van der Waals surface area contributed by atoms with Crippen molar-refractivity contribution >= 4 is 12.0 Å². The van der Waals surface area contributed by atoms with Crippen LogP contribution in [0.25, 0.3) is 0 Å². The predicted molar refractivity (Wildman–Crippen MR) is 60.9 cm³/mol. The van der Waals surface area contributed by atoms with Gasteiger partial charge >= 0.3 is 5.69 Å². The third-order valence-electron chi connectivity index (χ3n) is 1.77. The fraction of sp³-hybridized carbons (Fsp3) is 0. The van der Waals surface area contributed by atoms with Gasteiger partial charge in [0.2, 0.25) is 5.82 Å². The van der Waals surface area contributed by atoms with Crippen LogP contribution in [0.15, 0.2) is 39.1 Å². The highest BCUT2D eigenvalue weighted by Crippen LogP contribution is 1.90. The zero-order chi connectivity index (χ0) is 12.1. The maximum Gasteiger partial charge on any atom is 0.342 e. The minimum atomic E-state index is -0.672. The number of anilines is 1. The molecule has 0 amide bonds. The van der Waals surface area contributed by atoms with Crippen molar-refractivity contribution in [1.82, 2.24) is 20.2 Å². The predicted octanol–water partition coefficient (Wildman–Crippen LogP) is -0.701. The van der Waals surface area contributed by atoms with E-state index in [9.17, 15) is 9.59 Å². The van der Waals surface area contributed by atoms with Crippen molar-refractivity contribution in [3.63, 3.8) is 0 Å². The molecule has 0 bridgehead atoms. The fourth-order valence-electron chi connectivity index (χ4n) is 1.04.